The number of aliphatic hydroxyl groups is 4. The van der Waals surface area contributed by atoms with Crippen molar-refractivity contribution >= 4 is 10.9 Å². The van der Waals surface area contributed by atoms with Gasteiger partial charge in [-0.2, -0.15) is 0 Å². The zero-order valence-electron chi connectivity index (χ0n) is 45.4. The molecule has 14 nitrogen and oxygen atoms in total. The number of para-hydroxylation sites is 1. The summed E-state index contributed by atoms with van der Waals surface area (Å²) in [5, 5.41) is 78.6. The van der Waals surface area contributed by atoms with E-state index in [1.54, 1.807) is 18.2 Å². The number of nitrogens with zero attached hydrogens (tertiary/aromatic N) is 3. The minimum atomic E-state index is -0.908. The van der Waals surface area contributed by atoms with Crippen molar-refractivity contribution in [3.63, 3.8) is 0 Å². The summed E-state index contributed by atoms with van der Waals surface area (Å²) in [6.07, 6.45) is 17.4. The molecule has 7 heterocycles. The fourth-order valence-corrected chi connectivity index (χ4v) is 19.9. The molecule has 8 aliphatic carbocycles. The Morgan fingerprint density at radius 1 is 0.625 bits per heavy atom. The van der Waals surface area contributed by atoms with Crippen LogP contribution in [-0.4, -0.2) is 148 Å². The third-order valence-electron chi connectivity index (χ3n) is 23.7. The van der Waals surface area contributed by atoms with E-state index in [9.17, 15) is 35.7 Å². The van der Waals surface area contributed by atoms with E-state index in [2.05, 4.69) is 56.6 Å². The van der Waals surface area contributed by atoms with Crippen molar-refractivity contribution in [2.75, 3.05) is 39.3 Å². The van der Waals surface area contributed by atoms with Crippen molar-refractivity contribution in [3.05, 3.63) is 130 Å². The van der Waals surface area contributed by atoms with E-state index in [-0.39, 0.29) is 47.0 Å². The van der Waals surface area contributed by atoms with Crippen molar-refractivity contribution in [2.45, 2.75) is 166 Å². The molecule has 3 saturated carbocycles. The summed E-state index contributed by atoms with van der Waals surface area (Å²) in [5.41, 5.74) is 7.21. The Morgan fingerprint density at radius 2 is 1.24 bits per heavy atom. The number of hydrogen-bond donors (Lipinski definition) is 8. The molecule has 1 aromatic heterocycles. The molecule has 0 amide bonds. The molecule has 6 aliphatic heterocycles. The van der Waals surface area contributed by atoms with Crippen molar-refractivity contribution in [2.24, 2.45) is 17.8 Å². The number of phenolic OH excluding ortho intramolecular Hbond substituents is 3. The Balaban J connectivity index is 0.0000000972. The minimum absolute atomic E-state index is 0.0813. The van der Waals surface area contributed by atoms with E-state index >= 15 is 0 Å². The molecule has 14 atom stereocenters. The Labute approximate surface area is 466 Å². The predicted octanol–water partition coefficient (Wildman–Crippen LogP) is 7.03. The van der Waals surface area contributed by atoms with Gasteiger partial charge in [0.25, 0.3) is 0 Å². The number of aromatic hydroxyl groups is 3. The molecular formula is C66H74N4O10. The van der Waals surface area contributed by atoms with Gasteiger partial charge in [-0.15, -0.1) is 6.58 Å². The van der Waals surface area contributed by atoms with Gasteiger partial charge in [0.05, 0.1) is 33.8 Å². The first-order chi connectivity index (χ1) is 38.8. The first-order valence-electron chi connectivity index (χ1n) is 30.3. The second kappa shape index (κ2) is 16.8. The first-order valence-corrected chi connectivity index (χ1v) is 30.3. The largest absolute Gasteiger partial charge is 0.504 e. The number of fused-ring (bicyclic) bond motifs is 4. The average Bonchev–Trinajstić information content (AvgIpc) is 3.97. The number of ether oxygens (including phenoxy) is 3. The zero-order valence-corrected chi connectivity index (χ0v) is 45.4. The van der Waals surface area contributed by atoms with Gasteiger partial charge >= 0.3 is 0 Å². The zero-order chi connectivity index (χ0) is 54.0. The topological polar surface area (TPSA) is 195 Å². The molecule has 8 N–H and O–H groups in total. The number of aromatic nitrogens is 1. The maximum atomic E-state index is 12.7. The van der Waals surface area contributed by atoms with Crippen LogP contribution >= 0.6 is 0 Å². The molecule has 5 aromatic rings. The van der Waals surface area contributed by atoms with Gasteiger partial charge in [-0.3, -0.25) is 14.7 Å². The summed E-state index contributed by atoms with van der Waals surface area (Å²) in [6.45, 7) is 9.85. The van der Waals surface area contributed by atoms with Crippen LogP contribution in [0.15, 0.2) is 85.5 Å². The number of H-pyrrole nitrogens is 1. The Kier molecular flexibility index (Phi) is 10.3. The number of hydrogen-bond acceptors (Lipinski definition) is 13. The third kappa shape index (κ3) is 6.08. The van der Waals surface area contributed by atoms with Gasteiger partial charge in [0.2, 0.25) is 0 Å². The number of phenols is 3. The minimum Gasteiger partial charge on any atom is -0.504 e. The van der Waals surface area contributed by atoms with Crippen LogP contribution in [0.4, 0.5) is 0 Å². The molecule has 0 unspecified atom stereocenters. The second-order valence-corrected chi connectivity index (χ2v) is 27.0. The van der Waals surface area contributed by atoms with E-state index in [0.717, 1.165) is 118 Å². The Morgan fingerprint density at radius 3 is 1.93 bits per heavy atom. The summed E-state index contributed by atoms with van der Waals surface area (Å²) in [4.78, 5) is 11.2. The molecule has 418 valence electrons. The highest BCUT2D eigenvalue weighted by molar-refractivity contribution is 5.86. The van der Waals surface area contributed by atoms with Gasteiger partial charge in [-0.1, -0.05) is 61.0 Å². The van der Waals surface area contributed by atoms with E-state index in [1.165, 1.54) is 59.7 Å². The molecule has 14 heteroatoms. The predicted molar refractivity (Wildman–Crippen MR) is 299 cm³/mol. The lowest BCUT2D eigenvalue weighted by Gasteiger charge is -2.64. The fraction of sp³-hybridized carbons (Fsp3) is 0.545. The van der Waals surface area contributed by atoms with Crippen LogP contribution in [0.3, 0.4) is 0 Å². The number of likely N-dealkylation sites (tertiary alicyclic amines) is 3. The quantitative estimate of drug-likeness (QED) is 0.0809. The molecule has 4 aromatic carbocycles. The number of nitrogens with one attached hydrogen (secondary N) is 1. The van der Waals surface area contributed by atoms with Crippen molar-refractivity contribution in [3.8, 4) is 34.5 Å². The molecule has 80 heavy (non-hydrogen) atoms. The fourth-order valence-electron chi connectivity index (χ4n) is 19.9. The standard InChI is InChI=1S/C26H26N2O3.C21H27NO4.C19H21NO3/c29-19-8-7-15-11-20-26(30)12-17-16-3-1-2-4-18(16)27-22(17)24-25(26,21(15)23(19)31-24)9-10-28(20)13-14-5-6-14;23-14-5-4-13-10-16-21(25)7-6-15(24)19-20(21,17(13)18(14)26-19)8-9-22(16)11-12-2-1-3-12;1-2-8-20-9-7-19-12-4-6-15(22)18(19)23-17-14(21)5-3-11(16(17)19)10-13(12)20/h1-4,7-8,14,20,24,27,29-30H,5-6,9-13H2;4-5,12,15-16,19,23-25H,1-3,6-11H2;2-6,12-13,15,18,21-22H,1,7-10H2/t20-,24+,25+,26-;15-,16+,19-,20-,21+;12-,13+,15-,18-,19-/m100/s1. The number of piperidine rings is 3. The van der Waals surface area contributed by atoms with E-state index < -0.39 is 40.3 Å². The van der Waals surface area contributed by atoms with Gasteiger partial charge in [-0.05, 0) is 155 Å². The van der Waals surface area contributed by atoms with Crippen LogP contribution in [0.1, 0.15) is 115 Å². The maximum absolute atomic E-state index is 12.7. The third-order valence-corrected chi connectivity index (χ3v) is 23.7. The van der Waals surface area contributed by atoms with Crippen LogP contribution in [0, 0.1) is 17.8 Å². The SMILES string of the molecule is C=CCN1CC[C@]23c4c5ccc(O)c4O[C@H]2[C@@H](O)C=C[C@H]3[C@H]1C5.Oc1ccc2c3c1O[C@H]1[C@@H](O)CC[C@@]4(O)[C@@H](C2)N(CC2CCC2)CC[C@]314.Oc1ccc2c3c1O[C@H]1c4[nH]c5ccccc5c4C[C@@]4(O)[C@@H](C2)N(CC2CC2)CC[C@]314. The second-order valence-electron chi connectivity index (χ2n) is 27.0. The Hall–Kier alpha value is -5.58. The Bertz CT molecular complexity index is 3480. The van der Waals surface area contributed by atoms with Gasteiger partial charge in [-0.25, -0.2) is 0 Å². The molecule has 3 spiro atoms. The highest BCUT2D eigenvalue weighted by atomic mass is 16.5. The van der Waals surface area contributed by atoms with Crippen molar-refractivity contribution < 1.29 is 50.0 Å². The normalized spacial score (nSPS) is 39.1. The number of rotatable bonds is 6. The molecule has 19 rings (SSSR count). The van der Waals surface area contributed by atoms with Gasteiger partial charge < -0.3 is 54.9 Å². The maximum Gasteiger partial charge on any atom is 0.166 e. The lowest BCUT2D eigenvalue weighted by atomic mass is 9.48. The summed E-state index contributed by atoms with van der Waals surface area (Å²) < 4.78 is 18.9. The highest BCUT2D eigenvalue weighted by Crippen LogP contribution is 2.70. The van der Waals surface area contributed by atoms with Crippen LogP contribution < -0.4 is 14.2 Å². The molecule has 6 fully saturated rings. The van der Waals surface area contributed by atoms with E-state index in [0.29, 0.717) is 48.5 Å². The summed E-state index contributed by atoms with van der Waals surface area (Å²) >= 11 is 0. The summed E-state index contributed by atoms with van der Waals surface area (Å²) in [7, 11) is 0. The molecule has 6 bridgehead atoms. The molecular weight excluding hydrogens is 1010 g/mol. The van der Waals surface area contributed by atoms with Crippen LogP contribution in [0.5, 0.6) is 34.5 Å². The molecule has 14 aliphatic rings. The number of aromatic amines is 1. The lowest BCUT2D eigenvalue weighted by molar-refractivity contribution is -0.209. The van der Waals surface area contributed by atoms with Crippen LogP contribution in [0.25, 0.3) is 10.9 Å². The monoisotopic (exact) mass is 1080 g/mol. The van der Waals surface area contributed by atoms with Crippen LogP contribution in [-0.2, 0) is 41.9 Å². The smallest absolute Gasteiger partial charge is 0.166 e. The van der Waals surface area contributed by atoms with Gasteiger partial charge in [0.1, 0.15) is 18.3 Å². The van der Waals surface area contributed by atoms with Crippen molar-refractivity contribution in [1.29, 1.82) is 0 Å². The van der Waals surface area contributed by atoms with Crippen molar-refractivity contribution in [1.82, 2.24) is 19.7 Å². The summed E-state index contributed by atoms with van der Waals surface area (Å²) in [5.74, 6) is 4.13. The number of aliphatic hydroxyl groups excluding tert-OH is 2. The van der Waals surface area contributed by atoms with Gasteiger partial charge in [0, 0.05) is 83.1 Å². The summed E-state index contributed by atoms with van der Waals surface area (Å²) in [6, 6.07) is 20.3. The lowest BCUT2D eigenvalue weighted by Crippen LogP contribution is -2.77. The average molecular weight is 1080 g/mol. The number of benzene rings is 4. The van der Waals surface area contributed by atoms with E-state index in [4.69, 9.17) is 14.2 Å². The highest BCUT2D eigenvalue weighted by Gasteiger charge is 2.75. The van der Waals surface area contributed by atoms with E-state index in [1.807, 2.05) is 30.4 Å². The first kappa shape index (κ1) is 49.1. The molecule has 3 saturated heterocycles. The van der Waals surface area contributed by atoms with Gasteiger partial charge in [0.15, 0.2) is 40.6 Å². The van der Waals surface area contributed by atoms with Crippen LogP contribution in [0.2, 0.25) is 0 Å². The molecule has 0 radical (unpaired) electrons.